The number of carbonyl (C=O) groups is 5. The monoisotopic (exact) mass is 1020 g/mol. The van der Waals surface area contributed by atoms with Crippen LogP contribution in [0, 0.1) is 21.4 Å². The fourth-order valence-electron chi connectivity index (χ4n) is 9.34. The van der Waals surface area contributed by atoms with Crippen molar-refractivity contribution in [2.45, 2.75) is 57.4 Å². The van der Waals surface area contributed by atoms with Gasteiger partial charge in [-0.2, -0.15) is 15.2 Å². The maximum atomic E-state index is 14.1. The predicted molar refractivity (Wildman–Crippen MR) is 268 cm³/mol. The molecule has 2 atom stereocenters. The Bertz CT molecular complexity index is 3050. The van der Waals surface area contributed by atoms with Crippen molar-refractivity contribution in [2.24, 2.45) is 0 Å². The molecule has 8 rings (SSSR count). The number of nitrogens with zero attached hydrogens (tertiary/aromatic N) is 8. The summed E-state index contributed by atoms with van der Waals surface area (Å²) in [5, 5.41) is 32.1. The van der Waals surface area contributed by atoms with Crippen molar-refractivity contribution in [2.75, 3.05) is 62.1 Å². The molecule has 1 fully saturated rings. The number of nitro groups is 1. The molecule has 4 heterocycles. The first-order valence-corrected chi connectivity index (χ1v) is 23.7. The number of nitro benzene ring substituents is 1. The number of halogens is 2. The molecule has 0 saturated carbocycles. The molecule has 372 valence electrons. The summed E-state index contributed by atoms with van der Waals surface area (Å²) < 4.78 is 11.5. The number of hydrogen-bond acceptors (Lipinski definition) is 14. The first-order valence-electron chi connectivity index (χ1n) is 22.9. The van der Waals surface area contributed by atoms with Crippen molar-refractivity contribution in [1.82, 2.24) is 30.4 Å². The topological polar surface area (TPSA) is 246 Å². The summed E-state index contributed by atoms with van der Waals surface area (Å²) in [5.74, 6) is -0.752. The lowest BCUT2D eigenvalue weighted by molar-refractivity contribution is -0.384. The van der Waals surface area contributed by atoms with Gasteiger partial charge in [-0.05, 0) is 53.6 Å². The minimum absolute atomic E-state index is 0.00832. The van der Waals surface area contributed by atoms with Gasteiger partial charge in [0.25, 0.3) is 17.5 Å². The lowest BCUT2D eigenvalue weighted by Crippen LogP contribution is -2.56. The Hall–Kier alpha value is -8.02. The molecule has 1 saturated heterocycles. The minimum Gasteiger partial charge on any atom is -0.486 e. The van der Waals surface area contributed by atoms with Crippen molar-refractivity contribution in [3.63, 3.8) is 0 Å². The van der Waals surface area contributed by atoms with E-state index < -0.39 is 47.1 Å². The van der Waals surface area contributed by atoms with Gasteiger partial charge in [0.15, 0.2) is 0 Å². The molecule has 20 nitrogen and oxygen atoms in total. The van der Waals surface area contributed by atoms with Crippen LogP contribution in [0.2, 0.25) is 10.0 Å². The predicted octanol–water partition coefficient (Wildman–Crippen LogP) is 6.35. The van der Waals surface area contributed by atoms with Gasteiger partial charge in [0.05, 0.1) is 59.6 Å². The van der Waals surface area contributed by atoms with Crippen LogP contribution in [0.15, 0.2) is 78.9 Å². The maximum absolute atomic E-state index is 14.1. The Morgan fingerprint density at radius 3 is 2.57 bits per heavy atom. The molecular weight excluding hydrogens is 970 g/mol. The number of piperazine rings is 1. The number of urea groups is 1. The third-order valence-corrected chi connectivity index (χ3v) is 13.5. The summed E-state index contributed by atoms with van der Waals surface area (Å²) in [4.78, 5) is 92.3. The molecule has 72 heavy (non-hydrogen) atoms. The number of benzene rings is 4. The van der Waals surface area contributed by atoms with Crippen LogP contribution < -0.4 is 35.2 Å². The van der Waals surface area contributed by atoms with Crippen molar-refractivity contribution in [1.29, 1.82) is 5.26 Å². The number of nitriles is 1. The third-order valence-electron chi connectivity index (χ3n) is 12.9. The molecule has 3 aliphatic heterocycles. The molecule has 0 spiro atoms. The number of amides is 5. The summed E-state index contributed by atoms with van der Waals surface area (Å²) in [5.41, 5.74) is 3.79. The number of carbonyl (C=O) groups excluding carboxylic acids is 5. The average molecular weight is 1020 g/mol. The fourth-order valence-corrected chi connectivity index (χ4v) is 9.85. The molecule has 1 aromatic heterocycles. The third kappa shape index (κ3) is 10.5. The second-order valence-corrected chi connectivity index (χ2v) is 18.1. The molecule has 0 aliphatic carbocycles. The lowest BCUT2D eigenvalue weighted by Gasteiger charge is -2.42. The van der Waals surface area contributed by atoms with Gasteiger partial charge in [0, 0.05) is 80.5 Å². The SMILES string of the molecule is C=C(COc1cc([N+](=O)[O-])c(Cl)cc1NC(=O)NCc1ccc2c(c1)CN(C(CCC=O)C(=O)NC)C2=O)C(=O)N1CCN(c2nc(OC)nc3c2CCN(c2cccc4cccc(Cl)c24)C3)CC1CC#N. The molecular formula is C50H49Cl2N11O9. The largest absolute Gasteiger partial charge is 0.486 e. The summed E-state index contributed by atoms with van der Waals surface area (Å²) in [7, 11) is 2.96. The number of ether oxygens (including phenoxy) is 2. The van der Waals surface area contributed by atoms with Crippen LogP contribution >= 0.6 is 23.2 Å². The highest BCUT2D eigenvalue weighted by atomic mass is 35.5. The maximum Gasteiger partial charge on any atom is 0.319 e. The van der Waals surface area contributed by atoms with Crippen LogP contribution in [0.1, 0.15) is 52.0 Å². The van der Waals surface area contributed by atoms with Gasteiger partial charge in [-0.15, -0.1) is 0 Å². The number of fused-ring (bicyclic) bond motifs is 3. The van der Waals surface area contributed by atoms with E-state index in [1.54, 1.807) is 23.1 Å². The van der Waals surface area contributed by atoms with Crippen molar-refractivity contribution < 1.29 is 38.4 Å². The summed E-state index contributed by atoms with van der Waals surface area (Å²) in [6, 6.07) is 19.3. The van der Waals surface area contributed by atoms with E-state index in [-0.39, 0.29) is 79.4 Å². The first-order chi connectivity index (χ1) is 34.7. The van der Waals surface area contributed by atoms with Gasteiger partial charge in [0.1, 0.15) is 35.5 Å². The second-order valence-electron chi connectivity index (χ2n) is 17.3. The van der Waals surface area contributed by atoms with Crippen LogP contribution in [0.5, 0.6) is 11.8 Å². The van der Waals surface area contributed by atoms with Crippen LogP contribution in [0.3, 0.4) is 0 Å². The number of methoxy groups -OCH3 is 1. The number of hydrogen-bond donors (Lipinski definition) is 3. The molecule has 5 amide bonds. The number of likely N-dealkylation sites (N-methyl/N-ethyl adjacent to an activating group) is 1. The Morgan fingerprint density at radius 2 is 1.83 bits per heavy atom. The zero-order valence-electron chi connectivity index (χ0n) is 39.3. The Morgan fingerprint density at radius 1 is 1.04 bits per heavy atom. The number of aldehydes is 1. The van der Waals surface area contributed by atoms with Gasteiger partial charge in [-0.25, -0.2) is 4.79 Å². The van der Waals surface area contributed by atoms with Crippen LogP contribution in [-0.4, -0.2) is 114 Å². The quantitative estimate of drug-likeness (QED) is 0.0398. The summed E-state index contributed by atoms with van der Waals surface area (Å²) in [6.07, 6.45) is 1.55. The number of anilines is 3. The average Bonchev–Trinajstić information content (AvgIpc) is 3.71. The van der Waals surface area contributed by atoms with Crippen molar-refractivity contribution in [3.05, 3.63) is 127 Å². The van der Waals surface area contributed by atoms with E-state index in [0.29, 0.717) is 59.9 Å². The summed E-state index contributed by atoms with van der Waals surface area (Å²) >= 11 is 13.0. The highest BCUT2D eigenvalue weighted by Crippen LogP contribution is 2.39. The van der Waals surface area contributed by atoms with Crippen LogP contribution in [0.25, 0.3) is 10.8 Å². The highest BCUT2D eigenvalue weighted by molar-refractivity contribution is 6.36. The number of nitrogens with one attached hydrogen (secondary N) is 3. The number of aromatic nitrogens is 2. The molecule has 5 aromatic rings. The molecule has 3 N–H and O–H groups in total. The first kappa shape index (κ1) is 50.4. The summed E-state index contributed by atoms with van der Waals surface area (Å²) in [6.45, 7) is 5.59. The smallest absolute Gasteiger partial charge is 0.319 e. The van der Waals surface area contributed by atoms with Gasteiger partial charge in [0.2, 0.25) is 5.91 Å². The highest BCUT2D eigenvalue weighted by Gasteiger charge is 2.37. The molecule has 2 unspecified atom stereocenters. The van der Waals surface area contributed by atoms with E-state index in [2.05, 4.69) is 33.5 Å². The second kappa shape index (κ2) is 22.0. The molecule has 4 aromatic carbocycles. The van der Waals surface area contributed by atoms with E-state index >= 15 is 0 Å². The van der Waals surface area contributed by atoms with E-state index in [4.69, 9.17) is 42.6 Å². The minimum atomic E-state index is -0.839. The Balaban J connectivity index is 0.919. The van der Waals surface area contributed by atoms with Crippen LogP contribution in [0.4, 0.5) is 27.7 Å². The van der Waals surface area contributed by atoms with E-state index in [9.17, 15) is 39.3 Å². The Labute approximate surface area is 423 Å². The molecule has 22 heteroatoms. The molecule has 3 aliphatic rings. The van der Waals surface area contributed by atoms with Crippen molar-refractivity contribution in [3.8, 4) is 17.8 Å². The Kier molecular flexibility index (Phi) is 15.4. The molecule has 0 bridgehead atoms. The molecule has 0 radical (unpaired) electrons. The van der Waals surface area contributed by atoms with Crippen LogP contribution in [-0.2, 0) is 40.4 Å². The standard InChI is InChI=1S/C50H49Cl2N11O9/c1-29(28-72-43-23-42(63(69)70)37(52)22-38(43)56-49(68)55-24-30-12-13-34-32(21-30)25-62(48(34)67)41(11-6-20-64)46(65)54-2)47(66)61-19-18-60(26-33(61)14-16-53)45-35-15-17-59(27-39(35)57-50(58-45)71-3)40-10-5-8-31-7-4-9-36(51)44(31)40/h4-5,7-10,12-13,20-23,33,41H,1,6,11,14-15,17-19,24-28H2,2-3H3,(H,54,65)(H2,55,56,68). The van der Waals surface area contributed by atoms with Gasteiger partial charge < -0.3 is 49.8 Å². The zero-order chi connectivity index (χ0) is 51.2. The number of rotatable bonds is 17. The normalized spacial score (nSPS) is 15.5. The van der Waals surface area contributed by atoms with Gasteiger partial charge in [-0.1, -0.05) is 66.2 Å². The van der Waals surface area contributed by atoms with E-state index in [1.165, 1.54) is 19.1 Å². The fraction of sp³-hybridized carbons (Fsp3) is 0.320. The van der Waals surface area contributed by atoms with E-state index in [1.807, 2.05) is 41.3 Å². The van der Waals surface area contributed by atoms with Gasteiger partial charge in [-0.3, -0.25) is 24.5 Å². The van der Waals surface area contributed by atoms with Crippen molar-refractivity contribution >= 4 is 86.9 Å². The lowest BCUT2D eigenvalue weighted by atomic mass is 10.0. The van der Waals surface area contributed by atoms with E-state index in [0.717, 1.165) is 39.8 Å². The zero-order valence-corrected chi connectivity index (χ0v) is 40.8. The van der Waals surface area contributed by atoms with Gasteiger partial charge >= 0.3 is 12.0 Å².